The van der Waals surface area contributed by atoms with E-state index in [1.807, 2.05) is 0 Å². The maximum absolute atomic E-state index is 12.0. The molecule has 5 nitrogen and oxygen atoms in total. The Labute approximate surface area is 119 Å². The number of halogens is 1. The van der Waals surface area contributed by atoms with Gasteiger partial charge in [-0.25, -0.2) is 13.1 Å². The quantitative estimate of drug-likeness (QED) is 0.713. The minimum atomic E-state index is -3.57. The summed E-state index contributed by atoms with van der Waals surface area (Å²) in [6.07, 6.45) is 1.52. The Balaban J connectivity index is 2.67. The summed E-state index contributed by atoms with van der Waals surface area (Å²) in [6.45, 7) is 1.30. The van der Waals surface area contributed by atoms with Gasteiger partial charge >= 0.3 is 0 Å². The fraction of sp³-hybridized carbons (Fsp3) is 0.500. The number of hydrogen-bond acceptors (Lipinski definition) is 4. The van der Waals surface area contributed by atoms with Crippen molar-refractivity contribution < 1.29 is 13.2 Å². The normalized spacial score (nSPS) is 11.7. The molecule has 0 radical (unpaired) electrons. The smallest absolute Gasteiger partial charge is 0.242 e. The van der Waals surface area contributed by atoms with E-state index in [2.05, 4.69) is 4.72 Å². The van der Waals surface area contributed by atoms with Crippen LogP contribution >= 0.6 is 11.6 Å². The first-order chi connectivity index (χ1) is 9.01. The molecule has 0 unspecified atom stereocenters. The van der Waals surface area contributed by atoms with Gasteiger partial charge < -0.3 is 10.5 Å². The van der Waals surface area contributed by atoms with Gasteiger partial charge in [-0.2, -0.15) is 0 Å². The predicted octanol–water partition coefficient (Wildman–Crippen LogP) is 1.50. The molecule has 0 spiro atoms. The summed E-state index contributed by atoms with van der Waals surface area (Å²) in [5, 5.41) is 0.187. The maximum Gasteiger partial charge on any atom is 0.242 e. The van der Waals surface area contributed by atoms with E-state index in [1.54, 1.807) is 19.2 Å². The number of methoxy groups -OCH3 is 1. The molecule has 0 amide bonds. The molecule has 1 rings (SSSR count). The lowest BCUT2D eigenvalue weighted by Crippen LogP contribution is -2.25. The van der Waals surface area contributed by atoms with Gasteiger partial charge in [0.2, 0.25) is 10.0 Å². The van der Waals surface area contributed by atoms with Crippen molar-refractivity contribution in [3.05, 3.63) is 28.8 Å². The fourth-order valence-electron chi connectivity index (χ4n) is 1.54. The molecule has 7 heteroatoms. The summed E-state index contributed by atoms with van der Waals surface area (Å²) >= 11 is 5.96. The first-order valence-corrected chi connectivity index (χ1v) is 7.84. The van der Waals surface area contributed by atoms with Gasteiger partial charge in [0.15, 0.2) is 0 Å². The van der Waals surface area contributed by atoms with Crippen LogP contribution in [0.1, 0.15) is 18.4 Å². The highest BCUT2D eigenvalue weighted by atomic mass is 35.5. The zero-order valence-corrected chi connectivity index (χ0v) is 12.4. The molecule has 1 aromatic carbocycles. The molecule has 0 aliphatic rings. The molecule has 108 valence electrons. The van der Waals surface area contributed by atoms with Crippen LogP contribution in [0.3, 0.4) is 0 Å². The molecule has 0 bridgehead atoms. The number of sulfonamides is 1. The predicted molar refractivity (Wildman–Crippen MR) is 75.6 cm³/mol. The van der Waals surface area contributed by atoms with Gasteiger partial charge in [-0.3, -0.25) is 0 Å². The lowest BCUT2D eigenvalue weighted by molar-refractivity contribution is 0.193. The van der Waals surface area contributed by atoms with E-state index in [1.165, 1.54) is 6.07 Å². The highest BCUT2D eigenvalue weighted by molar-refractivity contribution is 7.89. The Morgan fingerprint density at radius 3 is 2.68 bits per heavy atom. The van der Waals surface area contributed by atoms with Crippen LogP contribution in [0, 0.1) is 0 Å². The van der Waals surface area contributed by atoms with Crippen molar-refractivity contribution in [2.45, 2.75) is 24.3 Å². The van der Waals surface area contributed by atoms with Gasteiger partial charge in [-0.05, 0) is 30.5 Å². The lowest BCUT2D eigenvalue weighted by Gasteiger charge is -2.09. The Kier molecular flexibility index (Phi) is 6.74. The van der Waals surface area contributed by atoms with Gasteiger partial charge in [0, 0.05) is 26.8 Å². The fourth-order valence-corrected chi connectivity index (χ4v) is 3.18. The molecule has 0 aliphatic carbocycles. The minimum absolute atomic E-state index is 0.0816. The van der Waals surface area contributed by atoms with Crippen molar-refractivity contribution >= 4 is 21.6 Å². The molecular weight excluding hydrogens is 288 g/mol. The largest absolute Gasteiger partial charge is 0.385 e. The van der Waals surface area contributed by atoms with E-state index in [0.29, 0.717) is 26.1 Å². The van der Waals surface area contributed by atoms with Crippen LogP contribution in [0.15, 0.2) is 23.1 Å². The Bertz CT molecular complexity index is 506. The molecular formula is C12H19ClN2O3S. The number of hydrogen-bond donors (Lipinski definition) is 2. The summed E-state index contributed by atoms with van der Waals surface area (Å²) in [5.74, 6) is 0. The lowest BCUT2D eigenvalue weighted by atomic mass is 10.2. The Morgan fingerprint density at radius 2 is 2.11 bits per heavy atom. The number of nitrogens with two attached hydrogens (primary N) is 1. The second kappa shape index (κ2) is 7.81. The molecule has 0 heterocycles. The van der Waals surface area contributed by atoms with Crippen LogP contribution in [-0.2, 0) is 21.3 Å². The zero-order chi connectivity index (χ0) is 14.3. The summed E-state index contributed by atoms with van der Waals surface area (Å²) in [5.41, 5.74) is 6.26. The van der Waals surface area contributed by atoms with Gasteiger partial charge in [0.05, 0.1) is 5.02 Å². The zero-order valence-electron chi connectivity index (χ0n) is 10.9. The van der Waals surface area contributed by atoms with Gasteiger partial charge in [-0.1, -0.05) is 17.7 Å². The number of ether oxygens (including phenoxy) is 1. The van der Waals surface area contributed by atoms with E-state index in [4.69, 9.17) is 22.1 Å². The van der Waals surface area contributed by atoms with Crippen molar-refractivity contribution in [1.82, 2.24) is 4.72 Å². The third kappa shape index (κ3) is 5.08. The van der Waals surface area contributed by atoms with Gasteiger partial charge in [-0.15, -0.1) is 0 Å². The number of nitrogens with one attached hydrogen (secondary N) is 1. The highest BCUT2D eigenvalue weighted by Gasteiger charge is 2.17. The van der Waals surface area contributed by atoms with Crippen LogP contribution in [0.2, 0.25) is 5.02 Å². The number of rotatable bonds is 8. The van der Waals surface area contributed by atoms with Crippen molar-refractivity contribution in [3.63, 3.8) is 0 Å². The highest BCUT2D eigenvalue weighted by Crippen LogP contribution is 2.22. The van der Waals surface area contributed by atoms with Crippen LogP contribution < -0.4 is 10.5 Å². The molecule has 0 saturated heterocycles. The first-order valence-electron chi connectivity index (χ1n) is 5.98. The van der Waals surface area contributed by atoms with Crippen molar-refractivity contribution in [1.29, 1.82) is 0 Å². The average molecular weight is 307 g/mol. The van der Waals surface area contributed by atoms with Gasteiger partial charge in [0.1, 0.15) is 4.90 Å². The molecule has 0 saturated carbocycles. The second-order valence-electron chi connectivity index (χ2n) is 4.07. The van der Waals surface area contributed by atoms with Crippen molar-refractivity contribution in [2.24, 2.45) is 5.73 Å². The van der Waals surface area contributed by atoms with Crippen LogP contribution in [-0.4, -0.2) is 28.7 Å². The topological polar surface area (TPSA) is 81.4 Å². The SMILES string of the molecule is COCCCCNS(=O)(=O)c1ccc(CN)cc1Cl. The summed E-state index contributed by atoms with van der Waals surface area (Å²) < 4.78 is 31.5. The monoisotopic (exact) mass is 306 g/mol. The van der Waals surface area contributed by atoms with Crippen molar-refractivity contribution in [2.75, 3.05) is 20.3 Å². The molecule has 1 aromatic rings. The molecule has 0 aromatic heterocycles. The Hall–Kier alpha value is -0.660. The summed E-state index contributed by atoms with van der Waals surface area (Å²) in [7, 11) is -1.95. The van der Waals surface area contributed by atoms with Crippen molar-refractivity contribution in [3.8, 4) is 0 Å². The maximum atomic E-state index is 12.0. The molecule has 0 aliphatic heterocycles. The third-order valence-corrected chi connectivity index (χ3v) is 4.53. The summed E-state index contributed by atoms with van der Waals surface area (Å²) in [4.78, 5) is 0.0816. The average Bonchev–Trinajstić information content (AvgIpc) is 2.37. The van der Waals surface area contributed by atoms with E-state index in [-0.39, 0.29) is 9.92 Å². The van der Waals surface area contributed by atoms with E-state index in [0.717, 1.165) is 12.0 Å². The van der Waals surface area contributed by atoms with Gasteiger partial charge in [0.25, 0.3) is 0 Å². The minimum Gasteiger partial charge on any atom is -0.385 e. The van der Waals surface area contributed by atoms with E-state index in [9.17, 15) is 8.42 Å². The second-order valence-corrected chi connectivity index (χ2v) is 6.21. The molecule has 0 atom stereocenters. The summed E-state index contributed by atoms with van der Waals surface area (Å²) in [6, 6.07) is 4.70. The molecule has 3 N–H and O–H groups in total. The van der Waals surface area contributed by atoms with E-state index >= 15 is 0 Å². The Morgan fingerprint density at radius 1 is 1.37 bits per heavy atom. The third-order valence-electron chi connectivity index (χ3n) is 2.59. The van der Waals surface area contributed by atoms with Crippen LogP contribution in [0.4, 0.5) is 0 Å². The first kappa shape index (κ1) is 16.4. The number of benzene rings is 1. The van der Waals surface area contributed by atoms with Crippen LogP contribution in [0.25, 0.3) is 0 Å². The molecule has 0 fully saturated rings. The van der Waals surface area contributed by atoms with E-state index < -0.39 is 10.0 Å². The standard InChI is InChI=1S/C12H19ClN2O3S/c1-18-7-3-2-6-15-19(16,17)12-5-4-10(9-14)8-11(12)13/h4-5,8,15H,2-3,6-7,9,14H2,1H3. The molecule has 19 heavy (non-hydrogen) atoms. The number of unbranched alkanes of at least 4 members (excludes halogenated alkanes) is 1. The van der Waals surface area contributed by atoms with Crippen LogP contribution in [0.5, 0.6) is 0 Å².